The van der Waals surface area contributed by atoms with Gasteiger partial charge in [-0.2, -0.15) is 0 Å². The molecule has 0 aliphatic heterocycles. The van der Waals surface area contributed by atoms with E-state index in [9.17, 15) is 9.59 Å². The van der Waals surface area contributed by atoms with Gasteiger partial charge >= 0.3 is 11.9 Å². The molecule has 0 atom stereocenters. The van der Waals surface area contributed by atoms with Gasteiger partial charge in [0, 0.05) is 11.6 Å². The van der Waals surface area contributed by atoms with Crippen molar-refractivity contribution in [2.45, 2.75) is 6.92 Å². The topological polar surface area (TPSA) is 94.8 Å². The van der Waals surface area contributed by atoms with Gasteiger partial charge in [-0.1, -0.05) is 6.58 Å². The zero-order valence-electron chi connectivity index (χ0n) is 6.52. The van der Waals surface area contributed by atoms with Crippen LogP contribution in [0.15, 0.2) is 24.5 Å². The number of aliphatic hydroxyl groups is 1. The number of hydrogen-bond acceptors (Lipinski definition) is 3. The van der Waals surface area contributed by atoms with E-state index in [1.807, 2.05) is 0 Å². The molecule has 0 saturated carbocycles. The van der Waals surface area contributed by atoms with E-state index in [1.54, 1.807) is 0 Å². The lowest BCUT2D eigenvalue weighted by Gasteiger charge is -1.86. The lowest BCUT2D eigenvalue weighted by molar-refractivity contribution is -0.135. The molecule has 0 aromatic carbocycles. The Kier molecular flexibility index (Phi) is 7.85. The zero-order chi connectivity index (χ0) is 10.1. The molecule has 0 aliphatic rings. The molecular weight excluding hydrogens is 164 g/mol. The van der Waals surface area contributed by atoms with Gasteiger partial charge in [0.2, 0.25) is 0 Å². The monoisotopic (exact) mass is 174 g/mol. The van der Waals surface area contributed by atoms with Gasteiger partial charge < -0.3 is 15.3 Å². The molecule has 0 bridgehead atoms. The Morgan fingerprint density at radius 2 is 1.67 bits per heavy atom. The molecule has 0 amide bonds. The standard InChI is InChI=1S/C5H6O4.C2H4O/c1-3(5(8)9)2-4(6)7;1-2-3/h2H,1H3,(H,6,7)(H,8,9);2-3H,1H2/b3-2-;. The van der Waals surface area contributed by atoms with Crippen molar-refractivity contribution in [2.75, 3.05) is 0 Å². The first-order valence-electron chi connectivity index (χ1n) is 2.85. The van der Waals surface area contributed by atoms with Crippen molar-refractivity contribution >= 4 is 11.9 Å². The minimum atomic E-state index is -1.24. The van der Waals surface area contributed by atoms with Crippen LogP contribution in [0.5, 0.6) is 0 Å². The third kappa shape index (κ3) is 11.1. The largest absolute Gasteiger partial charge is 0.516 e. The van der Waals surface area contributed by atoms with Crippen LogP contribution < -0.4 is 0 Å². The molecule has 0 fully saturated rings. The smallest absolute Gasteiger partial charge is 0.331 e. The molecule has 68 valence electrons. The fraction of sp³-hybridized carbons (Fsp3) is 0.143. The summed E-state index contributed by atoms with van der Waals surface area (Å²) in [5.41, 5.74) is -0.178. The molecule has 0 rings (SSSR count). The third-order valence-electron chi connectivity index (χ3n) is 0.677. The molecule has 0 spiro atoms. The van der Waals surface area contributed by atoms with Crippen molar-refractivity contribution < 1.29 is 24.9 Å². The van der Waals surface area contributed by atoms with Crippen LogP contribution in [0.4, 0.5) is 0 Å². The predicted molar refractivity (Wildman–Crippen MR) is 41.9 cm³/mol. The van der Waals surface area contributed by atoms with Crippen LogP contribution in [0.3, 0.4) is 0 Å². The molecule has 5 heteroatoms. The Hall–Kier alpha value is -1.78. The maximum absolute atomic E-state index is 9.90. The van der Waals surface area contributed by atoms with Gasteiger partial charge in [0.25, 0.3) is 0 Å². The zero-order valence-corrected chi connectivity index (χ0v) is 6.52. The van der Waals surface area contributed by atoms with E-state index >= 15 is 0 Å². The van der Waals surface area contributed by atoms with Gasteiger partial charge in [-0.15, -0.1) is 0 Å². The third-order valence-corrected chi connectivity index (χ3v) is 0.677. The molecule has 0 radical (unpaired) electrons. The van der Waals surface area contributed by atoms with Crippen molar-refractivity contribution in [1.82, 2.24) is 0 Å². The molecule has 5 nitrogen and oxygen atoms in total. The second-order valence-corrected chi connectivity index (χ2v) is 1.65. The molecule has 0 heterocycles. The van der Waals surface area contributed by atoms with Crippen molar-refractivity contribution in [3.63, 3.8) is 0 Å². The van der Waals surface area contributed by atoms with Crippen LogP contribution in [-0.2, 0) is 9.59 Å². The van der Waals surface area contributed by atoms with Crippen molar-refractivity contribution in [3.05, 3.63) is 24.5 Å². The number of aliphatic carboxylic acids is 2. The van der Waals surface area contributed by atoms with Gasteiger partial charge in [-0.3, -0.25) is 0 Å². The first-order chi connectivity index (χ1) is 5.45. The summed E-state index contributed by atoms with van der Waals surface area (Å²) in [6.07, 6.45) is 1.39. The summed E-state index contributed by atoms with van der Waals surface area (Å²) in [7, 11) is 0. The molecule has 0 aromatic heterocycles. The Balaban J connectivity index is 0. The van der Waals surface area contributed by atoms with Gasteiger partial charge in [0.05, 0.1) is 6.26 Å². The fourth-order valence-electron chi connectivity index (χ4n) is 0.247. The highest BCUT2D eigenvalue weighted by Crippen LogP contribution is 1.89. The lowest BCUT2D eigenvalue weighted by Crippen LogP contribution is -1.99. The van der Waals surface area contributed by atoms with Crippen LogP contribution in [0.1, 0.15) is 6.92 Å². The number of carbonyl (C=O) groups is 2. The Bertz CT molecular complexity index is 204. The highest BCUT2D eigenvalue weighted by molar-refractivity contribution is 5.93. The van der Waals surface area contributed by atoms with Crippen LogP contribution >= 0.6 is 0 Å². The number of carboxylic acids is 2. The summed E-state index contributed by atoms with van der Waals surface area (Å²) in [6.45, 7) is 4.14. The summed E-state index contributed by atoms with van der Waals surface area (Å²) >= 11 is 0. The SMILES string of the molecule is C/C(=C/C(=O)O)C(=O)O.C=CO. The van der Waals surface area contributed by atoms with Crippen LogP contribution in [0, 0.1) is 0 Å². The molecule has 12 heavy (non-hydrogen) atoms. The summed E-state index contributed by atoms with van der Waals surface area (Å²) in [5.74, 6) is -2.45. The summed E-state index contributed by atoms with van der Waals surface area (Å²) in [4.78, 5) is 19.7. The van der Waals surface area contributed by atoms with E-state index in [2.05, 4.69) is 6.58 Å². The second-order valence-electron chi connectivity index (χ2n) is 1.65. The number of aliphatic hydroxyl groups excluding tert-OH is 1. The first-order valence-corrected chi connectivity index (χ1v) is 2.85. The minimum Gasteiger partial charge on any atom is -0.516 e. The summed E-state index contributed by atoms with van der Waals surface area (Å²) in [5, 5.41) is 23.4. The molecule has 0 saturated heterocycles. The molecule has 0 unspecified atom stereocenters. The van der Waals surface area contributed by atoms with Crippen molar-refractivity contribution in [1.29, 1.82) is 0 Å². The number of rotatable bonds is 2. The number of hydrogen-bond donors (Lipinski definition) is 3. The highest BCUT2D eigenvalue weighted by Gasteiger charge is 2.00. The van der Waals surface area contributed by atoms with Crippen LogP contribution in [-0.4, -0.2) is 27.3 Å². The Morgan fingerprint density at radius 3 is 1.75 bits per heavy atom. The molecule has 0 aliphatic carbocycles. The van der Waals surface area contributed by atoms with Gasteiger partial charge in [-0.25, -0.2) is 9.59 Å². The van der Waals surface area contributed by atoms with Gasteiger partial charge in [-0.05, 0) is 6.92 Å². The van der Waals surface area contributed by atoms with E-state index in [-0.39, 0.29) is 5.57 Å². The Labute approximate surface area is 69.3 Å². The van der Waals surface area contributed by atoms with E-state index in [0.717, 1.165) is 6.26 Å². The maximum atomic E-state index is 9.90. The highest BCUT2D eigenvalue weighted by atomic mass is 16.4. The molecular formula is C7H10O5. The quantitative estimate of drug-likeness (QED) is 0.425. The van der Waals surface area contributed by atoms with E-state index < -0.39 is 11.9 Å². The van der Waals surface area contributed by atoms with Crippen molar-refractivity contribution in [3.8, 4) is 0 Å². The van der Waals surface area contributed by atoms with Crippen LogP contribution in [0.2, 0.25) is 0 Å². The average Bonchev–Trinajstić information content (AvgIpc) is 1.87. The normalized spacial score (nSPS) is 9.25. The number of carboxylic acid groups (broad SMARTS) is 2. The summed E-state index contributed by atoms with van der Waals surface area (Å²) < 4.78 is 0. The van der Waals surface area contributed by atoms with E-state index in [4.69, 9.17) is 15.3 Å². The van der Waals surface area contributed by atoms with Gasteiger partial charge in [0.15, 0.2) is 0 Å². The van der Waals surface area contributed by atoms with E-state index in [1.165, 1.54) is 6.92 Å². The first kappa shape index (κ1) is 12.9. The minimum absolute atomic E-state index is 0.178. The second kappa shape index (κ2) is 7.33. The van der Waals surface area contributed by atoms with E-state index in [0.29, 0.717) is 6.08 Å². The summed E-state index contributed by atoms with van der Waals surface area (Å²) in [6, 6.07) is 0. The average molecular weight is 174 g/mol. The molecule has 0 aromatic rings. The fourth-order valence-corrected chi connectivity index (χ4v) is 0.247. The maximum Gasteiger partial charge on any atom is 0.331 e. The van der Waals surface area contributed by atoms with Gasteiger partial charge in [0.1, 0.15) is 0 Å². The Morgan fingerprint density at radius 1 is 1.33 bits per heavy atom. The van der Waals surface area contributed by atoms with Crippen LogP contribution in [0.25, 0.3) is 0 Å². The van der Waals surface area contributed by atoms with Crippen molar-refractivity contribution in [2.24, 2.45) is 0 Å². The molecule has 3 N–H and O–H groups in total. The lowest BCUT2D eigenvalue weighted by atomic mass is 10.3. The predicted octanol–water partition coefficient (Wildman–Crippen LogP) is 0.790.